The molecule has 20 heavy (non-hydrogen) atoms. The number of anilines is 1. The molecule has 1 N–H and O–H groups in total. The summed E-state index contributed by atoms with van der Waals surface area (Å²) < 4.78 is 31.8. The largest absolute Gasteiger partial charge is 0.362 e. The van der Waals surface area contributed by atoms with E-state index in [9.17, 15) is 8.42 Å². The zero-order valence-electron chi connectivity index (χ0n) is 11.2. The fourth-order valence-electron chi connectivity index (χ4n) is 1.77. The summed E-state index contributed by atoms with van der Waals surface area (Å²) in [5.41, 5.74) is 1.53. The average Bonchev–Trinajstić information content (AvgIpc) is 2.77. The van der Waals surface area contributed by atoms with Crippen LogP contribution in [0.5, 0.6) is 0 Å². The number of aromatic nitrogens is 1. The van der Waals surface area contributed by atoms with Gasteiger partial charge in [0.1, 0.15) is 11.2 Å². The number of nitrogens with one attached hydrogen (secondary N) is 1. The number of hydrogen-bond donors (Lipinski definition) is 1. The van der Waals surface area contributed by atoms with E-state index in [1.807, 2.05) is 13.0 Å². The molecule has 2 rings (SSSR count). The van der Waals surface area contributed by atoms with E-state index in [0.717, 1.165) is 18.4 Å². The molecule has 108 valence electrons. The Morgan fingerprint density at radius 2 is 2.15 bits per heavy atom. The van der Waals surface area contributed by atoms with Gasteiger partial charge < -0.3 is 4.52 Å². The third-order valence-electron chi connectivity index (χ3n) is 2.80. The molecule has 0 spiro atoms. The number of halogens is 1. The predicted molar refractivity (Wildman–Crippen MR) is 77.5 cm³/mol. The van der Waals surface area contributed by atoms with Crippen LogP contribution in [0, 0.1) is 6.92 Å². The molecule has 7 heteroatoms. The molecule has 5 nitrogen and oxygen atoms in total. The lowest BCUT2D eigenvalue weighted by molar-refractivity contribution is 0.422. The molecule has 0 saturated heterocycles. The van der Waals surface area contributed by atoms with Gasteiger partial charge in [-0.3, -0.25) is 4.72 Å². The van der Waals surface area contributed by atoms with Gasteiger partial charge in [0.2, 0.25) is 0 Å². The highest BCUT2D eigenvalue weighted by Crippen LogP contribution is 2.26. The first-order valence-corrected chi connectivity index (χ1v) is 8.02. The molecular formula is C13H15ClN2O3S. The summed E-state index contributed by atoms with van der Waals surface area (Å²) in [5, 5.41) is 3.79. The monoisotopic (exact) mass is 314 g/mol. The summed E-state index contributed by atoms with van der Waals surface area (Å²) in [6.45, 7) is 3.73. The molecule has 0 radical (unpaired) electrons. The minimum atomic E-state index is -3.78. The number of aryl methyl sites for hydroxylation is 2. The van der Waals surface area contributed by atoms with E-state index in [1.165, 1.54) is 6.26 Å². The van der Waals surface area contributed by atoms with Gasteiger partial charge in [-0.1, -0.05) is 36.2 Å². The second-order valence-corrected chi connectivity index (χ2v) is 6.52. The van der Waals surface area contributed by atoms with Gasteiger partial charge >= 0.3 is 0 Å². The zero-order chi connectivity index (χ0) is 14.8. The quantitative estimate of drug-likeness (QED) is 0.918. The van der Waals surface area contributed by atoms with E-state index in [4.69, 9.17) is 16.1 Å². The maximum absolute atomic E-state index is 12.4. The Morgan fingerprint density at radius 3 is 2.75 bits per heavy atom. The van der Waals surface area contributed by atoms with Crippen LogP contribution < -0.4 is 4.72 Å². The van der Waals surface area contributed by atoms with E-state index < -0.39 is 10.0 Å². The van der Waals surface area contributed by atoms with Gasteiger partial charge in [-0.05, 0) is 31.0 Å². The summed E-state index contributed by atoms with van der Waals surface area (Å²) in [7, 11) is -3.78. The third-order valence-corrected chi connectivity index (χ3v) is 4.62. The summed E-state index contributed by atoms with van der Waals surface area (Å²) in [4.78, 5) is 0.0486. The van der Waals surface area contributed by atoms with Crippen molar-refractivity contribution in [2.45, 2.75) is 31.6 Å². The van der Waals surface area contributed by atoms with Gasteiger partial charge in [0.25, 0.3) is 10.0 Å². The van der Waals surface area contributed by atoms with E-state index in [1.54, 1.807) is 19.1 Å². The molecule has 0 fully saturated rings. The van der Waals surface area contributed by atoms with Crippen LogP contribution in [0.25, 0.3) is 0 Å². The first-order valence-electron chi connectivity index (χ1n) is 6.16. The molecule has 0 atom stereocenters. The molecule has 1 aromatic carbocycles. The average molecular weight is 315 g/mol. The van der Waals surface area contributed by atoms with E-state index in [2.05, 4.69) is 9.88 Å². The third kappa shape index (κ3) is 3.13. The maximum Gasteiger partial charge on any atom is 0.264 e. The number of nitrogens with zero attached hydrogens (tertiary/aromatic N) is 1. The molecule has 0 aliphatic carbocycles. The highest BCUT2D eigenvalue weighted by molar-refractivity contribution is 7.92. The Morgan fingerprint density at radius 1 is 1.40 bits per heavy atom. The summed E-state index contributed by atoms with van der Waals surface area (Å²) >= 11 is 6.00. The first kappa shape index (κ1) is 14.9. The van der Waals surface area contributed by atoms with Gasteiger partial charge in [-0.2, -0.15) is 0 Å². The predicted octanol–water partition coefficient (Wildman–Crippen LogP) is 3.39. The maximum atomic E-state index is 12.4. The van der Waals surface area contributed by atoms with Crippen molar-refractivity contribution in [2.75, 3.05) is 4.72 Å². The molecule has 0 amide bonds. The Balaban J connectivity index is 2.38. The molecular weight excluding hydrogens is 300 g/mol. The van der Waals surface area contributed by atoms with Crippen molar-refractivity contribution in [1.29, 1.82) is 0 Å². The molecule has 0 aliphatic heterocycles. The molecule has 0 saturated carbocycles. The van der Waals surface area contributed by atoms with Gasteiger partial charge in [0, 0.05) is 5.56 Å². The Bertz CT molecular complexity index is 710. The van der Waals surface area contributed by atoms with E-state index in [0.29, 0.717) is 5.56 Å². The second-order valence-electron chi connectivity index (χ2n) is 4.47. The smallest absolute Gasteiger partial charge is 0.264 e. The molecule has 1 heterocycles. The molecule has 0 aliphatic rings. The van der Waals surface area contributed by atoms with Crippen molar-refractivity contribution in [3.8, 4) is 0 Å². The summed E-state index contributed by atoms with van der Waals surface area (Å²) in [6.07, 6.45) is 3.09. The number of hydrogen-bond acceptors (Lipinski definition) is 4. The van der Waals surface area contributed by atoms with Crippen LogP contribution in [0.3, 0.4) is 0 Å². The van der Waals surface area contributed by atoms with Crippen molar-refractivity contribution < 1.29 is 12.9 Å². The Kier molecular flexibility index (Phi) is 4.35. The molecule has 1 aromatic heterocycles. The SMILES string of the molecule is CCCc1ccc(Cl)c(S(=O)(=O)Nc2nocc2C)c1. The Hall–Kier alpha value is -1.53. The van der Waals surface area contributed by atoms with Crippen LogP contribution in [-0.2, 0) is 16.4 Å². The van der Waals surface area contributed by atoms with E-state index in [-0.39, 0.29) is 15.7 Å². The normalized spacial score (nSPS) is 11.6. The van der Waals surface area contributed by atoms with Crippen molar-refractivity contribution >= 4 is 27.4 Å². The fraction of sp³-hybridized carbons (Fsp3) is 0.308. The summed E-state index contributed by atoms with van der Waals surface area (Å²) in [5.74, 6) is 0.168. The molecule has 0 unspecified atom stereocenters. The lowest BCUT2D eigenvalue weighted by atomic mass is 10.1. The minimum absolute atomic E-state index is 0.0486. The fourth-order valence-corrected chi connectivity index (χ4v) is 3.38. The number of rotatable bonds is 5. The molecule has 0 bridgehead atoms. The van der Waals surface area contributed by atoms with E-state index >= 15 is 0 Å². The first-order chi connectivity index (χ1) is 9.44. The van der Waals surface area contributed by atoms with Crippen LogP contribution in [0.4, 0.5) is 5.82 Å². The van der Waals surface area contributed by atoms with Gasteiger partial charge in [-0.25, -0.2) is 8.42 Å². The highest BCUT2D eigenvalue weighted by atomic mass is 35.5. The van der Waals surface area contributed by atoms with Gasteiger partial charge in [0.05, 0.1) is 5.02 Å². The van der Waals surface area contributed by atoms with Crippen LogP contribution >= 0.6 is 11.6 Å². The lowest BCUT2D eigenvalue weighted by Gasteiger charge is -2.09. The topological polar surface area (TPSA) is 72.2 Å². The number of sulfonamides is 1. The standard InChI is InChI=1S/C13H15ClN2O3S/c1-3-4-10-5-6-11(14)12(7-10)20(17,18)16-13-9(2)8-19-15-13/h5-8H,3-4H2,1-2H3,(H,15,16). The summed E-state index contributed by atoms with van der Waals surface area (Å²) in [6, 6.07) is 5.01. The van der Waals surface area contributed by atoms with Crippen LogP contribution in [-0.4, -0.2) is 13.6 Å². The van der Waals surface area contributed by atoms with Crippen molar-refractivity contribution in [3.63, 3.8) is 0 Å². The Labute approximate surface area is 123 Å². The van der Waals surface area contributed by atoms with Crippen molar-refractivity contribution in [1.82, 2.24) is 5.16 Å². The van der Waals surface area contributed by atoms with Gasteiger partial charge in [0.15, 0.2) is 5.82 Å². The van der Waals surface area contributed by atoms with Crippen molar-refractivity contribution in [3.05, 3.63) is 40.6 Å². The van der Waals surface area contributed by atoms with Crippen LogP contribution in [0.15, 0.2) is 33.9 Å². The van der Waals surface area contributed by atoms with Crippen molar-refractivity contribution in [2.24, 2.45) is 0 Å². The molecule has 2 aromatic rings. The second kappa shape index (κ2) is 5.85. The van der Waals surface area contributed by atoms with Crippen LogP contribution in [0.2, 0.25) is 5.02 Å². The number of benzene rings is 1. The highest BCUT2D eigenvalue weighted by Gasteiger charge is 2.20. The minimum Gasteiger partial charge on any atom is -0.362 e. The zero-order valence-corrected chi connectivity index (χ0v) is 12.8. The van der Waals surface area contributed by atoms with Gasteiger partial charge in [-0.15, -0.1) is 0 Å². The van der Waals surface area contributed by atoms with Crippen LogP contribution in [0.1, 0.15) is 24.5 Å². The lowest BCUT2D eigenvalue weighted by Crippen LogP contribution is -2.14.